The number of carbonyl (C=O) groups is 2. The lowest BCUT2D eigenvalue weighted by atomic mass is 10.1. The molecule has 0 bridgehead atoms. The molecule has 0 aromatic heterocycles. The number of halogens is 1. The summed E-state index contributed by atoms with van der Waals surface area (Å²) >= 11 is 3.29. The molecule has 104 valence electrons. The molecule has 0 aliphatic carbocycles. The predicted octanol–water partition coefficient (Wildman–Crippen LogP) is 1.76. The lowest BCUT2D eigenvalue weighted by Crippen LogP contribution is -2.39. The van der Waals surface area contributed by atoms with Gasteiger partial charge in [-0.05, 0) is 34.5 Å². The highest BCUT2D eigenvalue weighted by Crippen LogP contribution is 2.25. The molecule has 0 unspecified atom stereocenters. The number of nitrogen functional groups attached to an aromatic ring is 1. The fourth-order valence-electron chi connectivity index (χ4n) is 1.67. The Kier molecular flexibility index (Phi) is 5.82. The molecule has 0 heterocycles. The number of hydrogen-bond acceptors (Lipinski definition) is 3. The van der Waals surface area contributed by atoms with Crippen LogP contribution in [0.5, 0.6) is 0 Å². The molecule has 19 heavy (non-hydrogen) atoms. The second-order valence-electron chi connectivity index (χ2n) is 4.26. The monoisotopic (exact) mass is 327 g/mol. The summed E-state index contributed by atoms with van der Waals surface area (Å²) in [5.41, 5.74) is 11.9. The molecule has 0 radical (unpaired) electrons. The first-order chi connectivity index (χ1) is 8.97. The second kappa shape index (κ2) is 7.13. The topological polar surface area (TPSA) is 89.4 Å². The summed E-state index contributed by atoms with van der Waals surface area (Å²) < 4.78 is 0.547. The number of carbonyl (C=O) groups excluding carboxylic acids is 2. The van der Waals surface area contributed by atoms with Gasteiger partial charge in [0.2, 0.25) is 5.91 Å². The normalized spacial score (nSPS) is 10.2. The highest BCUT2D eigenvalue weighted by Gasteiger charge is 2.20. The Labute approximate surface area is 121 Å². The highest BCUT2D eigenvalue weighted by molar-refractivity contribution is 9.10. The minimum atomic E-state index is -0.524. The highest BCUT2D eigenvalue weighted by atomic mass is 79.9. The zero-order chi connectivity index (χ0) is 14.4. The van der Waals surface area contributed by atoms with Crippen LogP contribution in [-0.4, -0.2) is 29.8 Å². The van der Waals surface area contributed by atoms with Crippen LogP contribution >= 0.6 is 15.9 Å². The molecule has 1 rings (SSSR count). The number of rotatable bonds is 6. The molecule has 2 amide bonds. The molecule has 0 aliphatic heterocycles. The Balaban J connectivity index is 2.97. The lowest BCUT2D eigenvalue weighted by Gasteiger charge is -2.21. The number of hydrogen-bond donors (Lipinski definition) is 2. The molecule has 0 saturated heterocycles. The quantitative estimate of drug-likeness (QED) is 0.780. The van der Waals surface area contributed by atoms with E-state index in [1.54, 1.807) is 18.2 Å². The van der Waals surface area contributed by atoms with Gasteiger partial charge in [0.05, 0.1) is 16.6 Å². The van der Waals surface area contributed by atoms with Crippen LogP contribution in [0.1, 0.15) is 30.1 Å². The first-order valence-electron chi connectivity index (χ1n) is 6.09. The number of unbranched alkanes of at least 4 members (excludes halogenated alkanes) is 1. The van der Waals surface area contributed by atoms with Gasteiger partial charge in [-0.15, -0.1) is 0 Å². The average molecular weight is 328 g/mol. The Hall–Kier alpha value is -1.56. The molecule has 0 saturated carbocycles. The second-order valence-corrected chi connectivity index (χ2v) is 5.05. The number of benzene rings is 1. The van der Waals surface area contributed by atoms with E-state index in [-0.39, 0.29) is 12.5 Å². The van der Waals surface area contributed by atoms with Crippen molar-refractivity contribution < 1.29 is 9.59 Å². The molecule has 5 nitrogen and oxygen atoms in total. The zero-order valence-electron chi connectivity index (χ0n) is 10.9. The lowest BCUT2D eigenvalue weighted by molar-refractivity contribution is -0.118. The standard InChI is InChI=1S/C13H18BrN3O2/c1-2-3-7-17(8-11(16)18)13(19)9-5-4-6-10(15)12(9)14/h4-6H,2-3,7-8,15H2,1H3,(H2,16,18). The van der Waals surface area contributed by atoms with Crippen molar-refractivity contribution in [2.75, 3.05) is 18.8 Å². The Morgan fingerprint density at radius 2 is 2.05 bits per heavy atom. The maximum Gasteiger partial charge on any atom is 0.255 e. The SMILES string of the molecule is CCCCN(CC(N)=O)C(=O)c1cccc(N)c1Br. The summed E-state index contributed by atoms with van der Waals surface area (Å²) in [4.78, 5) is 24.9. The summed E-state index contributed by atoms with van der Waals surface area (Å²) in [6.07, 6.45) is 1.75. The smallest absolute Gasteiger partial charge is 0.255 e. The van der Waals surface area contributed by atoms with E-state index < -0.39 is 5.91 Å². The van der Waals surface area contributed by atoms with E-state index in [0.717, 1.165) is 12.8 Å². The van der Waals surface area contributed by atoms with E-state index in [0.29, 0.717) is 22.3 Å². The van der Waals surface area contributed by atoms with Gasteiger partial charge in [-0.2, -0.15) is 0 Å². The van der Waals surface area contributed by atoms with E-state index in [1.807, 2.05) is 6.92 Å². The van der Waals surface area contributed by atoms with Crippen molar-refractivity contribution in [3.8, 4) is 0 Å². The first-order valence-corrected chi connectivity index (χ1v) is 6.88. The fraction of sp³-hybridized carbons (Fsp3) is 0.385. The van der Waals surface area contributed by atoms with E-state index >= 15 is 0 Å². The Morgan fingerprint density at radius 3 is 2.63 bits per heavy atom. The molecule has 0 fully saturated rings. The first kappa shape index (κ1) is 15.5. The average Bonchev–Trinajstić information content (AvgIpc) is 2.36. The Morgan fingerprint density at radius 1 is 1.37 bits per heavy atom. The molecule has 0 atom stereocenters. The van der Waals surface area contributed by atoms with Crippen molar-refractivity contribution in [2.45, 2.75) is 19.8 Å². The molecule has 4 N–H and O–H groups in total. The zero-order valence-corrected chi connectivity index (χ0v) is 12.4. The van der Waals surface area contributed by atoms with Crippen LogP contribution in [0.4, 0.5) is 5.69 Å². The largest absolute Gasteiger partial charge is 0.398 e. The minimum absolute atomic E-state index is 0.0833. The van der Waals surface area contributed by atoms with Crippen molar-refractivity contribution >= 4 is 33.4 Å². The van der Waals surface area contributed by atoms with Crippen LogP contribution in [-0.2, 0) is 4.79 Å². The molecule has 6 heteroatoms. The Bertz CT molecular complexity index is 477. The number of nitrogens with zero attached hydrogens (tertiary/aromatic N) is 1. The third-order valence-electron chi connectivity index (χ3n) is 2.67. The van der Waals surface area contributed by atoms with Crippen molar-refractivity contribution in [3.05, 3.63) is 28.2 Å². The van der Waals surface area contributed by atoms with Gasteiger partial charge in [0, 0.05) is 12.2 Å². The van der Waals surface area contributed by atoms with Gasteiger partial charge in [0.25, 0.3) is 5.91 Å². The third-order valence-corrected chi connectivity index (χ3v) is 3.56. The van der Waals surface area contributed by atoms with Crippen molar-refractivity contribution in [2.24, 2.45) is 5.73 Å². The summed E-state index contributed by atoms with van der Waals surface area (Å²) in [5.74, 6) is -0.768. The van der Waals surface area contributed by atoms with E-state index in [2.05, 4.69) is 15.9 Å². The van der Waals surface area contributed by atoms with Crippen molar-refractivity contribution in [1.29, 1.82) is 0 Å². The van der Waals surface area contributed by atoms with Gasteiger partial charge in [-0.1, -0.05) is 19.4 Å². The van der Waals surface area contributed by atoms with E-state index in [4.69, 9.17) is 11.5 Å². The van der Waals surface area contributed by atoms with Crippen LogP contribution in [0, 0.1) is 0 Å². The maximum absolute atomic E-state index is 12.4. The molecular formula is C13H18BrN3O2. The maximum atomic E-state index is 12.4. The van der Waals surface area contributed by atoms with Crippen LogP contribution in [0.2, 0.25) is 0 Å². The van der Waals surface area contributed by atoms with E-state index in [9.17, 15) is 9.59 Å². The molecule has 1 aromatic carbocycles. The number of anilines is 1. The van der Waals surface area contributed by atoms with Gasteiger partial charge in [0.1, 0.15) is 0 Å². The fourth-order valence-corrected chi connectivity index (χ4v) is 2.11. The number of primary amides is 1. The number of nitrogens with two attached hydrogens (primary N) is 2. The minimum Gasteiger partial charge on any atom is -0.398 e. The molecule has 1 aromatic rings. The van der Waals surface area contributed by atoms with Crippen molar-refractivity contribution in [1.82, 2.24) is 4.90 Å². The summed E-state index contributed by atoms with van der Waals surface area (Å²) in [6, 6.07) is 5.07. The van der Waals surface area contributed by atoms with Crippen LogP contribution in [0.3, 0.4) is 0 Å². The van der Waals surface area contributed by atoms with Crippen LogP contribution in [0.25, 0.3) is 0 Å². The van der Waals surface area contributed by atoms with Crippen LogP contribution in [0.15, 0.2) is 22.7 Å². The van der Waals surface area contributed by atoms with Gasteiger partial charge in [0.15, 0.2) is 0 Å². The number of amides is 2. The van der Waals surface area contributed by atoms with Gasteiger partial charge < -0.3 is 16.4 Å². The van der Waals surface area contributed by atoms with Gasteiger partial charge >= 0.3 is 0 Å². The van der Waals surface area contributed by atoms with Gasteiger partial charge in [-0.25, -0.2) is 0 Å². The van der Waals surface area contributed by atoms with Gasteiger partial charge in [-0.3, -0.25) is 9.59 Å². The summed E-state index contributed by atoms with van der Waals surface area (Å²) in [5, 5.41) is 0. The summed E-state index contributed by atoms with van der Waals surface area (Å²) in [7, 11) is 0. The van der Waals surface area contributed by atoms with Crippen LogP contribution < -0.4 is 11.5 Å². The molecular weight excluding hydrogens is 310 g/mol. The predicted molar refractivity (Wildman–Crippen MR) is 78.6 cm³/mol. The molecule has 0 spiro atoms. The van der Waals surface area contributed by atoms with Crippen molar-refractivity contribution in [3.63, 3.8) is 0 Å². The third kappa shape index (κ3) is 4.24. The van der Waals surface area contributed by atoms with E-state index in [1.165, 1.54) is 4.90 Å². The molecule has 0 aliphatic rings. The summed E-state index contributed by atoms with van der Waals surface area (Å²) in [6.45, 7) is 2.43.